The van der Waals surface area contributed by atoms with Crippen molar-refractivity contribution in [3.05, 3.63) is 197 Å². The maximum Gasteiger partial charge on any atom is 0.0547 e. The van der Waals surface area contributed by atoms with Crippen molar-refractivity contribution in [1.82, 2.24) is 0 Å². The summed E-state index contributed by atoms with van der Waals surface area (Å²) >= 11 is 0. The Morgan fingerprint density at radius 1 is 0.620 bits per heavy atom. The highest BCUT2D eigenvalue weighted by atomic mass is 15.1. The number of nitrogens with zero attached hydrogens (tertiary/aromatic N) is 1. The van der Waals surface area contributed by atoms with Crippen LogP contribution in [0.4, 0.5) is 17.1 Å². The Bertz CT molecular complexity index is 2450. The molecule has 0 amide bonds. The number of para-hydroxylation sites is 1. The normalized spacial score (nSPS) is 22.7. The van der Waals surface area contributed by atoms with Gasteiger partial charge in [-0.05, 0) is 141 Å². The van der Waals surface area contributed by atoms with Crippen molar-refractivity contribution in [3.8, 4) is 22.3 Å². The molecule has 0 radical (unpaired) electrons. The second kappa shape index (κ2) is 10.7. The molecule has 6 aliphatic rings. The van der Waals surface area contributed by atoms with E-state index >= 15 is 0 Å². The standard InChI is InChI=1S/C49H37N/c1-4-13-32-25-26-35(29-33(32)14-5-1)34-15-10-18-37(30-34)50(36-16-6-2-7-17-36)38-27-28-40-42-21-12-23-44-43-22-11-20-41-39-19-8-3-9-24-45(39)49(47(41)43,48(42)44)46(40)31-38/h1-2,4-10,12,14-19,21-31,41,47H,3,11,13,20H2. The first-order valence-corrected chi connectivity index (χ1v) is 18.3. The lowest BCUT2D eigenvalue weighted by molar-refractivity contribution is 0.390. The third-order valence-corrected chi connectivity index (χ3v) is 12.2. The van der Waals surface area contributed by atoms with E-state index in [9.17, 15) is 0 Å². The zero-order chi connectivity index (χ0) is 32.8. The zero-order valence-electron chi connectivity index (χ0n) is 28.0. The first-order chi connectivity index (χ1) is 24.8. The topological polar surface area (TPSA) is 3.24 Å². The zero-order valence-corrected chi connectivity index (χ0v) is 28.0. The Hall–Kier alpha value is -5.66. The Morgan fingerprint density at radius 2 is 1.46 bits per heavy atom. The summed E-state index contributed by atoms with van der Waals surface area (Å²) < 4.78 is 0. The molecule has 1 nitrogen and oxygen atoms in total. The van der Waals surface area contributed by atoms with E-state index in [4.69, 9.17) is 0 Å². The van der Waals surface area contributed by atoms with Crippen molar-refractivity contribution in [2.45, 2.75) is 31.1 Å². The lowest BCUT2D eigenvalue weighted by Gasteiger charge is -2.36. The molecule has 5 aromatic carbocycles. The van der Waals surface area contributed by atoms with E-state index in [0.29, 0.717) is 11.8 Å². The number of allylic oxidation sites excluding steroid dienone is 11. The highest BCUT2D eigenvalue weighted by molar-refractivity contribution is 5.99. The number of hydrogen-bond donors (Lipinski definition) is 0. The maximum atomic E-state index is 2.58. The molecule has 0 aliphatic heterocycles. The van der Waals surface area contributed by atoms with Gasteiger partial charge in [0.2, 0.25) is 0 Å². The summed E-state index contributed by atoms with van der Waals surface area (Å²) in [4.78, 5) is 2.47. The van der Waals surface area contributed by atoms with Crippen molar-refractivity contribution >= 4 is 28.7 Å². The molecule has 0 saturated heterocycles. The van der Waals surface area contributed by atoms with Gasteiger partial charge in [0.1, 0.15) is 0 Å². The molecule has 1 spiro atoms. The van der Waals surface area contributed by atoms with Crippen LogP contribution in [0.2, 0.25) is 0 Å². The highest BCUT2D eigenvalue weighted by Gasteiger charge is 2.64. The third kappa shape index (κ3) is 3.78. The predicted molar refractivity (Wildman–Crippen MR) is 209 cm³/mol. The van der Waals surface area contributed by atoms with Crippen LogP contribution in [0.1, 0.15) is 47.1 Å². The van der Waals surface area contributed by atoms with Crippen molar-refractivity contribution < 1.29 is 0 Å². The molecule has 1 heteroatoms. The summed E-state index contributed by atoms with van der Waals surface area (Å²) in [7, 11) is 0. The van der Waals surface area contributed by atoms with Crippen LogP contribution in [0.15, 0.2) is 169 Å². The van der Waals surface area contributed by atoms with Crippen LogP contribution in [0.3, 0.4) is 0 Å². The molecule has 0 N–H and O–H groups in total. The molecule has 0 aromatic heterocycles. The van der Waals surface area contributed by atoms with Crippen molar-refractivity contribution in [2.24, 2.45) is 11.8 Å². The highest BCUT2D eigenvalue weighted by Crippen LogP contribution is 2.73. The van der Waals surface area contributed by atoms with E-state index in [0.717, 1.165) is 19.3 Å². The van der Waals surface area contributed by atoms with E-state index in [-0.39, 0.29) is 5.41 Å². The second-order valence-electron chi connectivity index (χ2n) is 14.6. The fraction of sp³-hybridized carbons (Fsp3) is 0.143. The number of fused-ring (bicyclic) bond motifs is 5. The van der Waals surface area contributed by atoms with E-state index in [1.54, 1.807) is 16.7 Å². The maximum absolute atomic E-state index is 2.58. The minimum atomic E-state index is -0.150. The van der Waals surface area contributed by atoms with Crippen LogP contribution >= 0.6 is 0 Å². The van der Waals surface area contributed by atoms with Gasteiger partial charge < -0.3 is 4.90 Å². The number of rotatable bonds is 4. The van der Waals surface area contributed by atoms with Crippen LogP contribution in [0.25, 0.3) is 33.9 Å². The smallest absolute Gasteiger partial charge is 0.0547 e. The van der Waals surface area contributed by atoms with Gasteiger partial charge in [-0.1, -0.05) is 121 Å². The van der Waals surface area contributed by atoms with Gasteiger partial charge in [-0.2, -0.15) is 0 Å². The molecule has 5 aromatic rings. The molecular weight excluding hydrogens is 603 g/mol. The number of hydrogen-bond acceptors (Lipinski definition) is 1. The fourth-order valence-electron chi connectivity index (χ4n) is 10.4. The average molecular weight is 640 g/mol. The van der Waals surface area contributed by atoms with Crippen LogP contribution in [-0.4, -0.2) is 0 Å². The quantitative estimate of drug-likeness (QED) is 0.189. The summed E-state index contributed by atoms with van der Waals surface area (Å²) in [6.45, 7) is 0. The fourth-order valence-corrected chi connectivity index (χ4v) is 10.4. The Kier molecular flexibility index (Phi) is 6.02. The lowest BCUT2D eigenvalue weighted by Crippen LogP contribution is -2.32. The van der Waals surface area contributed by atoms with Crippen LogP contribution < -0.4 is 4.90 Å². The van der Waals surface area contributed by atoms with Gasteiger partial charge in [0.25, 0.3) is 0 Å². The van der Waals surface area contributed by atoms with Crippen LogP contribution in [-0.2, 0) is 11.8 Å². The van der Waals surface area contributed by atoms with E-state index in [1.165, 1.54) is 73.6 Å². The van der Waals surface area contributed by atoms with E-state index < -0.39 is 0 Å². The average Bonchev–Trinajstić information content (AvgIpc) is 3.50. The molecule has 0 heterocycles. The predicted octanol–water partition coefficient (Wildman–Crippen LogP) is 12.5. The monoisotopic (exact) mass is 639 g/mol. The number of anilines is 3. The molecular formula is C49H37N. The summed E-state index contributed by atoms with van der Waals surface area (Å²) in [5.74, 6) is 1.000. The van der Waals surface area contributed by atoms with Crippen molar-refractivity contribution in [1.29, 1.82) is 0 Å². The Labute approximate surface area is 294 Å². The molecule has 6 aliphatic carbocycles. The largest absolute Gasteiger partial charge is 0.310 e. The Morgan fingerprint density at radius 3 is 2.42 bits per heavy atom. The van der Waals surface area contributed by atoms with Gasteiger partial charge in [-0.25, -0.2) is 0 Å². The molecule has 0 fully saturated rings. The second-order valence-corrected chi connectivity index (χ2v) is 14.6. The molecule has 238 valence electrons. The SMILES string of the molecule is C1=CCc2ccc(-c3cccc(N(c4ccccc4)c4ccc5c(c4)C46C7=C(C=CCC=C7)C7CCC=C(c8cccc-5c84)C76)c3)cc2C=C1. The summed E-state index contributed by atoms with van der Waals surface area (Å²) in [5.41, 5.74) is 20.6. The molecule has 0 bridgehead atoms. The molecule has 50 heavy (non-hydrogen) atoms. The van der Waals surface area contributed by atoms with Crippen LogP contribution in [0, 0.1) is 11.8 Å². The van der Waals surface area contributed by atoms with Gasteiger partial charge in [-0.3, -0.25) is 0 Å². The van der Waals surface area contributed by atoms with Crippen LogP contribution in [0.5, 0.6) is 0 Å². The van der Waals surface area contributed by atoms with Gasteiger partial charge >= 0.3 is 0 Å². The van der Waals surface area contributed by atoms with Crippen molar-refractivity contribution in [3.63, 3.8) is 0 Å². The summed E-state index contributed by atoms with van der Waals surface area (Å²) in [6.07, 6.45) is 25.5. The van der Waals surface area contributed by atoms with E-state index in [2.05, 4.69) is 169 Å². The molecule has 3 atom stereocenters. The molecule has 3 unspecified atom stereocenters. The third-order valence-electron chi connectivity index (χ3n) is 12.2. The molecule has 0 saturated carbocycles. The summed E-state index contributed by atoms with van der Waals surface area (Å²) in [6, 6.07) is 41.4. The van der Waals surface area contributed by atoms with Gasteiger partial charge in [-0.15, -0.1) is 0 Å². The number of benzene rings is 5. The van der Waals surface area contributed by atoms with Gasteiger partial charge in [0.05, 0.1) is 5.41 Å². The Balaban J connectivity index is 1.11. The van der Waals surface area contributed by atoms with Gasteiger partial charge in [0.15, 0.2) is 0 Å². The van der Waals surface area contributed by atoms with Gasteiger partial charge in [0, 0.05) is 23.0 Å². The summed E-state index contributed by atoms with van der Waals surface area (Å²) in [5, 5.41) is 0. The lowest BCUT2D eigenvalue weighted by atomic mass is 9.66. The van der Waals surface area contributed by atoms with Crippen molar-refractivity contribution in [2.75, 3.05) is 4.90 Å². The molecule has 11 rings (SSSR count). The minimum Gasteiger partial charge on any atom is -0.310 e. The first-order valence-electron chi connectivity index (χ1n) is 18.3. The first kappa shape index (κ1) is 28.2. The minimum absolute atomic E-state index is 0.150. The van der Waals surface area contributed by atoms with E-state index in [1.807, 2.05) is 0 Å².